The highest BCUT2D eigenvalue weighted by Gasteiger charge is 2.20. The van der Waals surface area contributed by atoms with Crippen molar-refractivity contribution in [2.75, 3.05) is 24.3 Å². The maximum atomic E-state index is 14.1. The third kappa shape index (κ3) is 3.45. The minimum atomic E-state index is -0.752. The molecule has 0 fully saturated rings. The summed E-state index contributed by atoms with van der Waals surface area (Å²) >= 11 is 1.16. The van der Waals surface area contributed by atoms with Gasteiger partial charge in [-0.2, -0.15) is 0 Å². The summed E-state index contributed by atoms with van der Waals surface area (Å²) in [6.07, 6.45) is 0. The molecule has 0 unspecified atom stereocenters. The van der Waals surface area contributed by atoms with E-state index < -0.39 is 17.5 Å². The number of benzene rings is 1. The Hall–Kier alpha value is -2.74. The van der Waals surface area contributed by atoms with E-state index in [1.165, 1.54) is 19.0 Å². The highest BCUT2D eigenvalue weighted by atomic mass is 32.1. The normalized spacial score (nSPS) is 10.8. The molecule has 0 saturated carbocycles. The Morgan fingerprint density at radius 1 is 1.19 bits per heavy atom. The summed E-state index contributed by atoms with van der Waals surface area (Å²) in [6.45, 7) is 3.51. The smallest absolute Gasteiger partial charge is 0.267 e. The Kier molecular flexibility index (Phi) is 4.78. The molecule has 136 valence electrons. The molecule has 26 heavy (non-hydrogen) atoms. The van der Waals surface area contributed by atoms with Crippen molar-refractivity contribution < 1.29 is 18.0 Å². The Balaban J connectivity index is 1.86. The van der Waals surface area contributed by atoms with Gasteiger partial charge < -0.3 is 14.6 Å². The van der Waals surface area contributed by atoms with Gasteiger partial charge in [0.1, 0.15) is 16.3 Å². The third-order valence-corrected chi connectivity index (χ3v) is 4.85. The van der Waals surface area contributed by atoms with Gasteiger partial charge in [-0.1, -0.05) is 0 Å². The average Bonchev–Trinajstić information content (AvgIpc) is 3.12. The van der Waals surface area contributed by atoms with Crippen LogP contribution in [0.1, 0.15) is 21.1 Å². The first-order valence-corrected chi connectivity index (χ1v) is 8.60. The second-order valence-electron chi connectivity index (χ2n) is 5.98. The molecule has 0 aliphatic rings. The molecule has 5 nitrogen and oxygen atoms in total. The van der Waals surface area contributed by atoms with E-state index in [2.05, 4.69) is 10.3 Å². The van der Waals surface area contributed by atoms with Crippen molar-refractivity contribution in [3.8, 4) is 10.8 Å². The molecule has 3 aromatic rings. The number of carbonyl (C=O) groups is 1. The van der Waals surface area contributed by atoms with E-state index in [1.54, 1.807) is 13.0 Å². The molecule has 0 bridgehead atoms. The SMILES string of the molecule is Cc1ccc(-c2nc(C)c(C(=O)Nc3cc(F)c(N(C)C)c(F)c3)s2)o1. The molecule has 1 N–H and O–H groups in total. The quantitative estimate of drug-likeness (QED) is 0.721. The Morgan fingerprint density at radius 2 is 1.85 bits per heavy atom. The van der Waals surface area contributed by atoms with Crippen molar-refractivity contribution in [3.05, 3.63) is 52.2 Å². The van der Waals surface area contributed by atoms with Crippen LogP contribution >= 0.6 is 11.3 Å². The van der Waals surface area contributed by atoms with Gasteiger partial charge in [0.25, 0.3) is 5.91 Å². The van der Waals surface area contributed by atoms with Gasteiger partial charge in [-0.15, -0.1) is 11.3 Å². The molecule has 0 radical (unpaired) electrons. The van der Waals surface area contributed by atoms with Crippen LogP contribution in [0.25, 0.3) is 10.8 Å². The van der Waals surface area contributed by atoms with Crippen molar-refractivity contribution >= 4 is 28.6 Å². The van der Waals surface area contributed by atoms with Crippen molar-refractivity contribution in [2.45, 2.75) is 13.8 Å². The molecule has 2 heterocycles. The minimum absolute atomic E-state index is 0.0405. The third-order valence-electron chi connectivity index (χ3n) is 3.68. The molecule has 2 aromatic heterocycles. The van der Waals surface area contributed by atoms with Crippen LogP contribution in [0.5, 0.6) is 0 Å². The van der Waals surface area contributed by atoms with Crippen LogP contribution in [0.4, 0.5) is 20.2 Å². The number of aromatic nitrogens is 1. The minimum Gasteiger partial charge on any atom is -0.459 e. The highest BCUT2D eigenvalue weighted by molar-refractivity contribution is 7.17. The number of rotatable bonds is 4. The zero-order valence-corrected chi connectivity index (χ0v) is 15.5. The lowest BCUT2D eigenvalue weighted by Crippen LogP contribution is -2.15. The van der Waals surface area contributed by atoms with Gasteiger partial charge in [0.05, 0.1) is 5.69 Å². The van der Waals surface area contributed by atoms with Gasteiger partial charge >= 0.3 is 0 Å². The van der Waals surface area contributed by atoms with Gasteiger partial charge in [0.2, 0.25) is 0 Å². The second kappa shape index (κ2) is 6.87. The monoisotopic (exact) mass is 377 g/mol. The summed E-state index contributed by atoms with van der Waals surface area (Å²) in [5.74, 6) is -0.671. The van der Waals surface area contributed by atoms with Crippen molar-refractivity contribution in [3.63, 3.8) is 0 Å². The number of nitrogens with zero attached hydrogens (tertiary/aromatic N) is 2. The van der Waals surface area contributed by atoms with E-state index in [0.717, 1.165) is 29.2 Å². The Bertz CT molecular complexity index is 956. The van der Waals surface area contributed by atoms with Gasteiger partial charge in [-0.25, -0.2) is 13.8 Å². The lowest BCUT2D eigenvalue weighted by atomic mass is 10.2. The van der Waals surface area contributed by atoms with Crippen LogP contribution in [0.15, 0.2) is 28.7 Å². The summed E-state index contributed by atoms with van der Waals surface area (Å²) in [4.78, 5) is 18.5. The van der Waals surface area contributed by atoms with E-state index in [1.807, 2.05) is 13.0 Å². The molecule has 1 amide bonds. The molecule has 0 atom stereocenters. The van der Waals surface area contributed by atoms with Crippen LogP contribution in [-0.2, 0) is 0 Å². The zero-order valence-electron chi connectivity index (χ0n) is 14.7. The van der Waals surface area contributed by atoms with E-state index in [4.69, 9.17) is 4.42 Å². The summed E-state index contributed by atoms with van der Waals surface area (Å²) in [6, 6.07) is 5.76. The standard InChI is InChI=1S/C18H17F2N3O2S/c1-9-5-6-14(25-9)18-21-10(2)16(26-18)17(24)22-11-7-12(19)15(23(3)4)13(20)8-11/h5-8H,1-4H3,(H,22,24). The molecule has 1 aromatic carbocycles. The van der Waals surface area contributed by atoms with Gasteiger partial charge in [-0.05, 0) is 38.1 Å². The number of hydrogen-bond acceptors (Lipinski definition) is 5. The largest absolute Gasteiger partial charge is 0.459 e. The molecular formula is C18H17F2N3O2S. The van der Waals surface area contributed by atoms with E-state index in [9.17, 15) is 13.6 Å². The van der Waals surface area contributed by atoms with Crippen molar-refractivity contribution in [2.24, 2.45) is 0 Å². The number of anilines is 2. The number of aryl methyl sites for hydroxylation is 2. The first-order valence-electron chi connectivity index (χ1n) is 7.78. The predicted molar refractivity (Wildman–Crippen MR) is 97.9 cm³/mol. The molecule has 0 saturated heterocycles. The number of carbonyl (C=O) groups excluding carboxylic acids is 1. The fraction of sp³-hybridized carbons (Fsp3) is 0.222. The van der Waals surface area contributed by atoms with Gasteiger partial charge in [0, 0.05) is 19.8 Å². The second-order valence-corrected chi connectivity index (χ2v) is 6.98. The van der Waals surface area contributed by atoms with Crippen LogP contribution in [0, 0.1) is 25.5 Å². The van der Waals surface area contributed by atoms with E-state index >= 15 is 0 Å². The number of nitrogens with one attached hydrogen (secondary N) is 1. The lowest BCUT2D eigenvalue weighted by Gasteiger charge is -2.15. The lowest BCUT2D eigenvalue weighted by molar-refractivity contribution is 0.103. The average molecular weight is 377 g/mol. The molecule has 0 spiro atoms. The number of furan rings is 1. The number of halogens is 2. The first-order chi connectivity index (χ1) is 12.3. The van der Waals surface area contributed by atoms with Crippen LogP contribution < -0.4 is 10.2 Å². The fourth-order valence-corrected chi connectivity index (χ4v) is 3.44. The van der Waals surface area contributed by atoms with Crippen LogP contribution in [0.2, 0.25) is 0 Å². The molecular weight excluding hydrogens is 360 g/mol. The summed E-state index contributed by atoms with van der Waals surface area (Å²) in [5.41, 5.74) is 0.397. The first kappa shape index (κ1) is 18.1. The van der Waals surface area contributed by atoms with Crippen molar-refractivity contribution in [1.82, 2.24) is 4.98 Å². The maximum Gasteiger partial charge on any atom is 0.267 e. The van der Waals surface area contributed by atoms with Crippen LogP contribution in [0.3, 0.4) is 0 Å². The Morgan fingerprint density at radius 3 is 2.38 bits per heavy atom. The number of amides is 1. The van der Waals surface area contributed by atoms with E-state index in [-0.39, 0.29) is 11.4 Å². The molecule has 0 aliphatic heterocycles. The molecule has 0 aliphatic carbocycles. The van der Waals surface area contributed by atoms with Gasteiger partial charge in [0.15, 0.2) is 22.4 Å². The predicted octanol–water partition coefficient (Wildman–Crippen LogP) is 4.62. The fourth-order valence-electron chi connectivity index (χ4n) is 2.51. The summed E-state index contributed by atoms with van der Waals surface area (Å²) in [5, 5.41) is 3.09. The van der Waals surface area contributed by atoms with Gasteiger partial charge in [-0.3, -0.25) is 4.79 Å². The number of thiazole rings is 1. The number of hydrogen-bond donors (Lipinski definition) is 1. The molecule has 3 rings (SSSR count). The van der Waals surface area contributed by atoms with E-state index in [0.29, 0.717) is 21.3 Å². The summed E-state index contributed by atoms with van der Waals surface area (Å²) in [7, 11) is 3.08. The van der Waals surface area contributed by atoms with Crippen molar-refractivity contribution in [1.29, 1.82) is 0 Å². The summed E-state index contributed by atoms with van der Waals surface area (Å²) < 4.78 is 33.6. The topological polar surface area (TPSA) is 58.4 Å². The highest BCUT2D eigenvalue weighted by Crippen LogP contribution is 2.30. The zero-order chi connectivity index (χ0) is 19.0. The Labute approximate surface area is 153 Å². The maximum absolute atomic E-state index is 14.1. The van der Waals surface area contributed by atoms with Crippen LogP contribution in [-0.4, -0.2) is 25.0 Å². The molecule has 8 heteroatoms.